The Labute approximate surface area is 190 Å². The second kappa shape index (κ2) is 13.5. The van der Waals surface area contributed by atoms with Gasteiger partial charge in [0.05, 0.1) is 12.2 Å². The average molecular weight is 420 g/mol. The number of nitriles is 1. The number of aryl methyl sites for hydroxylation is 1. The highest BCUT2D eigenvalue weighted by Crippen LogP contribution is 2.37. The molecule has 0 N–H and O–H groups in total. The Kier molecular flexibility index (Phi) is 10.4. The van der Waals surface area contributed by atoms with Gasteiger partial charge in [-0.05, 0) is 99.5 Å². The number of benzene rings is 1. The minimum atomic E-state index is 0.495. The van der Waals surface area contributed by atoms with Crippen molar-refractivity contribution >= 4 is 0 Å². The van der Waals surface area contributed by atoms with Gasteiger partial charge in [-0.3, -0.25) is 0 Å². The van der Waals surface area contributed by atoms with Crippen LogP contribution in [-0.4, -0.2) is 12.7 Å². The average Bonchev–Trinajstić information content (AvgIpc) is 2.82. The van der Waals surface area contributed by atoms with Crippen molar-refractivity contribution in [2.75, 3.05) is 6.61 Å². The fraction of sp³-hybridized carbons (Fsp3) is 0.621. The molecule has 0 aromatic heterocycles. The van der Waals surface area contributed by atoms with Crippen molar-refractivity contribution in [3.63, 3.8) is 0 Å². The van der Waals surface area contributed by atoms with E-state index in [4.69, 9.17) is 10.00 Å². The molecule has 0 heterocycles. The first-order valence-electron chi connectivity index (χ1n) is 12.7. The molecule has 31 heavy (non-hydrogen) atoms. The fourth-order valence-electron chi connectivity index (χ4n) is 5.37. The van der Waals surface area contributed by atoms with Gasteiger partial charge in [0.2, 0.25) is 0 Å². The molecule has 0 radical (unpaired) electrons. The van der Waals surface area contributed by atoms with Crippen molar-refractivity contribution in [1.29, 1.82) is 5.26 Å². The van der Waals surface area contributed by atoms with Crippen LogP contribution in [0.1, 0.15) is 94.6 Å². The monoisotopic (exact) mass is 419 g/mol. The molecule has 2 heteroatoms. The van der Waals surface area contributed by atoms with Gasteiger partial charge in [-0.15, -0.1) is 0 Å². The molecule has 2 aliphatic rings. The summed E-state index contributed by atoms with van der Waals surface area (Å²) in [4.78, 5) is 0. The summed E-state index contributed by atoms with van der Waals surface area (Å²) in [5.74, 6) is 2.37. The van der Waals surface area contributed by atoms with Gasteiger partial charge in [0.15, 0.2) is 0 Å². The molecule has 2 fully saturated rings. The summed E-state index contributed by atoms with van der Waals surface area (Å²) >= 11 is 0. The maximum Gasteiger partial charge on any atom is 0.0912 e. The van der Waals surface area contributed by atoms with E-state index in [0.717, 1.165) is 30.8 Å². The highest BCUT2D eigenvalue weighted by Gasteiger charge is 2.25. The summed E-state index contributed by atoms with van der Waals surface area (Å²) in [5.41, 5.74) is 3.03. The quantitative estimate of drug-likeness (QED) is 0.285. The van der Waals surface area contributed by atoms with E-state index in [-0.39, 0.29) is 0 Å². The minimum absolute atomic E-state index is 0.495. The first-order valence-corrected chi connectivity index (χ1v) is 12.7. The molecular weight excluding hydrogens is 378 g/mol. The lowest BCUT2D eigenvalue weighted by molar-refractivity contribution is -0.00824. The van der Waals surface area contributed by atoms with Gasteiger partial charge < -0.3 is 4.74 Å². The van der Waals surface area contributed by atoms with Crippen LogP contribution in [0.4, 0.5) is 0 Å². The van der Waals surface area contributed by atoms with E-state index in [9.17, 15) is 0 Å². The van der Waals surface area contributed by atoms with Gasteiger partial charge >= 0.3 is 0 Å². The van der Waals surface area contributed by atoms with Crippen molar-refractivity contribution in [3.05, 3.63) is 59.7 Å². The number of hydrogen-bond acceptors (Lipinski definition) is 2. The van der Waals surface area contributed by atoms with E-state index < -0.39 is 0 Å². The normalized spacial score (nSPS) is 27.0. The van der Waals surface area contributed by atoms with Crippen molar-refractivity contribution in [2.24, 2.45) is 11.8 Å². The van der Waals surface area contributed by atoms with E-state index in [1.807, 2.05) is 18.2 Å². The Morgan fingerprint density at radius 2 is 1.65 bits per heavy atom. The molecule has 2 aliphatic carbocycles. The highest BCUT2D eigenvalue weighted by atomic mass is 16.5. The third kappa shape index (κ3) is 8.30. The van der Waals surface area contributed by atoms with Crippen molar-refractivity contribution in [1.82, 2.24) is 0 Å². The molecule has 1 aromatic carbocycles. The third-order valence-corrected chi connectivity index (χ3v) is 7.36. The molecule has 0 atom stereocenters. The van der Waals surface area contributed by atoms with Crippen LogP contribution < -0.4 is 0 Å². The van der Waals surface area contributed by atoms with Crippen LogP contribution in [0, 0.1) is 23.2 Å². The smallest absolute Gasteiger partial charge is 0.0912 e. The van der Waals surface area contributed by atoms with Crippen LogP contribution in [0.15, 0.2) is 48.6 Å². The fourth-order valence-corrected chi connectivity index (χ4v) is 5.37. The van der Waals surface area contributed by atoms with Gasteiger partial charge in [0, 0.05) is 12.7 Å². The molecule has 2 saturated carbocycles. The Hall–Kier alpha value is -1.85. The van der Waals surface area contributed by atoms with Gasteiger partial charge in [-0.2, -0.15) is 5.26 Å². The minimum Gasteiger partial charge on any atom is -0.378 e. The van der Waals surface area contributed by atoms with Crippen molar-refractivity contribution in [2.45, 2.75) is 96.0 Å². The zero-order chi connectivity index (χ0) is 21.7. The Morgan fingerprint density at radius 3 is 2.32 bits per heavy atom. The molecule has 0 aliphatic heterocycles. The zero-order valence-electron chi connectivity index (χ0n) is 19.5. The summed E-state index contributed by atoms with van der Waals surface area (Å²) in [6.45, 7) is 3.23. The topological polar surface area (TPSA) is 33.0 Å². The van der Waals surface area contributed by atoms with Crippen LogP contribution in [0.3, 0.4) is 0 Å². The summed E-state index contributed by atoms with van der Waals surface area (Å²) < 4.78 is 6.37. The summed E-state index contributed by atoms with van der Waals surface area (Å²) in [6, 6.07) is 11.5. The SMILES string of the molecule is CCCc1ccc(C2CCC(COC3CCC(CCC=CC=CC#N)CC3)CC2)cc1. The Balaban J connectivity index is 1.28. The molecule has 3 rings (SSSR count). The Morgan fingerprint density at radius 1 is 0.935 bits per heavy atom. The van der Waals surface area contributed by atoms with Crippen LogP contribution in [0.5, 0.6) is 0 Å². The van der Waals surface area contributed by atoms with Gasteiger partial charge in [0.1, 0.15) is 0 Å². The molecule has 0 bridgehead atoms. The van der Waals surface area contributed by atoms with Crippen molar-refractivity contribution in [3.8, 4) is 6.07 Å². The summed E-state index contributed by atoms with van der Waals surface area (Å²) in [6.07, 6.45) is 23.2. The van der Waals surface area contributed by atoms with Crippen LogP contribution >= 0.6 is 0 Å². The summed E-state index contributed by atoms with van der Waals surface area (Å²) in [5, 5.41) is 8.48. The standard InChI is InChI=1S/C29H41NO/c1-2-8-24-10-16-27(17-11-24)28-18-12-26(13-19-28)23-31-29-20-14-25(15-21-29)9-6-4-3-5-7-22-30/h3-5,7,10-11,16-17,25-26,28-29H,2,6,8-9,12-15,18-21,23H2,1H3. The number of allylic oxidation sites excluding steroid dienone is 4. The molecular formula is C29H41NO. The van der Waals surface area contributed by atoms with Gasteiger partial charge in [-0.1, -0.05) is 55.8 Å². The van der Waals surface area contributed by atoms with Crippen molar-refractivity contribution < 1.29 is 4.74 Å². The molecule has 0 unspecified atom stereocenters. The predicted molar refractivity (Wildman–Crippen MR) is 130 cm³/mol. The lowest BCUT2D eigenvalue weighted by Crippen LogP contribution is -2.25. The molecule has 2 nitrogen and oxygen atoms in total. The second-order valence-electron chi connectivity index (χ2n) is 9.68. The lowest BCUT2D eigenvalue weighted by atomic mass is 9.78. The molecule has 0 saturated heterocycles. The van der Waals surface area contributed by atoms with E-state index in [1.165, 1.54) is 82.3 Å². The van der Waals surface area contributed by atoms with Gasteiger partial charge in [-0.25, -0.2) is 0 Å². The van der Waals surface area contributed by atoms with E-state index >= 15 is 0 Å². The first kappa shape index (κ1) is 23.8. The number of hydrogen-bond donors (Lipinski definition) is 0. The van der Waals surface area contributed by atoms with Crippen LogP contribution in [0.25, 0.3) is 0 Å². The zero-order valence-corrected chi connectivity index (χ0v) is 19.5. The molecule has 168 valence electrons. The predicted octanol–water partition coefficient (Wildman–Crippen LogP) is 7.90. The number of nitrogens with zero attached hydrogens (tertiary/aromatic N) is 1. The number of ether oxygens (including phenoxy) is 1. The van der Waals surface area contributed by atoms with E-state index in [2.05, 4.69) is 37.3 Å². The second-order valence-corrected chi connectivity index (χ2v) is 9.68. The molecule has 0 amide bonds. The number of rotatable bonds is 10. The van der Waals surface area contributed by atoms with Crippen LogP contribution in [-0.2, 0) is 11.2 Å². The maximum atomic E-state index is 8.48. The highest BCUT2D eigenvalue weighted by molar-refractivity contribution is 5.25. The lowest BCUT2D eigenvalue weighted by Gasteiger charge is -2.32. The first-order chi connectivity index (χ1) is 15.3. The van der Waals surface area contributed by atoms with E-state index in [1.54, 1.807) is 5.56 Å². The molecule has 0 spiro atoms. The van der Waals surface area contributed by atoms with Gasteiger partial charge in [0.25, 0.3) is 0 Å². The summed E-state index contributed by atoms with van der Waals surface area (Å²) in [7, 11) is 0. The van der Waals surface area contributed by atoms with Crippen LogP contribution in [0.2, 0.25) is 0 Å². The maximum absolute atomic E-state index is 8.48. The third-order valence-electron chi connectivity index (χ3n) is 7.36. The largest absolute Gasteiger partial charge is 0.378 e. The van der Waals surface area contributed by atoms with E-state index in [0.29, 0.717) is 6.10 Å². The molecule has 1 aromatic rings. The Bertz CT molecular complexity index is 710.